The van der Waals surface area contributed by atoms with Gasteiger partial charge >= 0.3 is 0 Å². The predicted octanol–water partition coefficient (Wildman–Crippen LogP) is -0.422. The lowest BCUT2D eigenvalue weighted by atomic mass is 9.97. The topological polar surface area (TPSA) is 52.6 Å². The Hall–Kier alpha value is -0.610. The molecule has 1 unspecified atom stereocenters. The summed E-state index contributed by atoms with van der Waals surface area (Å²) in [6.07, 6.45) is 0. The quantitative estimate of drug-likeness (QED) is 0.615. The fourth-order valence-corrected chi connectivity index (χ4v) is 1.64. The van der Waals surface area contributed by atoms with Gasteiger partial charge in [-0.05, 0) is 20.8 Å². The molecule has 0 spiro atoms. The Bertz CT molecular complexity index is 204. The number of β-amino-alcohol motifs (C(OH)–C–C–N with tert-alkyl or cyclic N) is 1. The number of aliphatic hydroxyl groups excluding tert-OH is 1. The molecular formula is C9H18N2O2. The van der Waals surface area contributed by atoms with Gasteiger partial charge in [0.25, 0.3) is 0 Å². The lowest BCUT2D eigenvalue weighted by Gasteiger charge is -2.43. The molecule has 0 aromatic heterocycles. The van der Waals surface area contributed by atoms with E-state index in [1.165, 1.54) is 0 Å². The summed E-state index contributed by atoms with van der Waals surface area (Å²) in [6, 6.07) is 0.173. The maximum atomic E-state index is 11.6. The van der Waals surface area contributed by atoms with Gasteiger partial charge in [0.15, 0.2) is 0 Å². The average molecular weight is 186 g/mol. The highest BCUT2D eigenvalue weighted by molar-refractivity contribution is 5.86. The Morgan fingerprint density at radius 3 is 2.85 bits per heavy atom. The van der Waals surface area contributed by atoms with E-state index in [1.807, 2.05) is 25.7 Å². The van der Waals surface area contributed by atoms with Gasteiger partial charge < -0.3 is 10.4 Å². The van der Waals surface area contributed by atoms with Crippen LogP contribution in [0, 0.1) is 0 Å². The first-order valence-electron chi connectivity index (χ1n) is 4.65. The first-order chi connectivity index (χ1) is 5.98. The summed E-state index contributed by atoms with van der Waals surface area (Å²) in [5, 5.41) is 11.7. The van der Waals surface area contributed by atoms with Crippen LogP contribution in [0.1, 0.15) is 20.8 Å². The number of aliphatic hydroxyl groups is 1. The molecule has 1 amide bonds. The Kier molecular flexibility index (Phi) is 2.93. The Morgan fingerprint density at radius 2 is 2.31 bits per heavy atom. The third kappa shape index (κ3) is 2.00. The minimum absolute atomic E-state index is 0.0414. The van der Waals surface area contributed by atoms with E-state index in [0.29, 0.717) is 6.54 Å². The maximum absolute atomic E-state index is 11.6. The summed E-state index contributed by atoms with van der Waals surface area (Å²) in [7, 11) is 0. The third-order valence-corrected chi connectivity index (χ3v) is 2.59. The molecule has 0 bridgehead atoms. The Morgan fingerprint density at radius 1 is 1.69 bits per heavy atom. The molecule has 1 atom stereocenters. The van der Waals surface area contributed by atoms with Crippen LogP contribution < -0.4 is 5.32 Å². The second-order valence-corrected chi connectivity index (χ2v) is 4.10. The molecular weight excluding hydrogens is 168 g/mol. The van der Waals surface area contributed by atoms with Crippen molar-refractivity contribution in [2.45, 2.75) is 32.4 Å². The number of amides is 1. The summed E-state index contributed by atoms with van der Waals surface area (Å²) in [6.45, 7) is 7.19. The molecule has 1 heterocycles. The SMILES string of the molecule is CC1CN(CCO)C(C)(C)C(=O)N1. The van der Waals surface area contributed by atoms with Gasteiger partial charge in [-0.15, -0.1) is 0 Å². The molecule has 0 saturated carbocycles. The molecule has 0 radical (unpaired) electrons. The second kappa shape index (κ2) is 3.64. The van der Waals surface area contributed by atoms with Gasteiger partial charge in [0, 0.05) is 19.1 Å². The summed E-state index contributed by atoms with van der Waals surface area (Å²) in [5.74, 6) is 0.0414. The van der Waals surface area contributed by atoms with E-state index in [4.69, 9.17) is 5.11 Å². The van der Waals surface area contributed by atoms with Gasteiger partial charge in [0.1, 0.15) is 0 Å². The van der Waals surface area contributed by atoms with Crippen molar-refractivity contribution in [1.82, 2.24) is 10.2 Å². The number of hydrogen-bond acceptors (Lipinski definition) is 3. The fourth-order valence-electron chi connectivity index (χ4n) is 1.64. The Labute approximate surface area is 78.9 Å². The summed E-state index contributed by atoms with van der Waals surface area (Å²) in [4.78, 5) is 13.6. The lowest BCUT2D eigenvalue weighted by Crippen LogP contribution is -2.65. The normalized spacial score (nSPS) is 28.6. The highest BCUT2D eigenvalue weighted by atomic mass is 16.3. The molecule has 13 heavy (non-hydrogen) atoms. The van der Waals surface area contributed by atoms with E-state index >= 15 is 0 Å². The highest BCUT2D eigenvalue weighted by Gasteiger charge is 2.39. The van der Waals surface area contributed by atoms with Crippen molar-refractivity contribution in [2.24, 2.45) is 0 Å². The van der Waals surface area contributed by atoms with Crippen molar-refractivity contribution in [3.63, 3.8) is 0 Å². The van der Waals surface area contributed by atoms with E-state index in [2.05, 4.69) is 5.32 Å². The molecule has 0 aromatic carbocycles. The molecule has 0 aromatic rings. The first kappa shape index (κ1) is 10.5. The average Bonchev–Trinajstić information content (AvgIpc) is 2.01. The van der Waals surface area contributed by atoms with Crippen LogP contribution in [-0.2, 0) is 4.79 Å². The first-order valence-corrected chi connectivity index (χ1v) is 4.65. The van der Waals surface area contributed by atoms with Crippen molar-refractivity contribution in [1.29, 1.82) is 0 Å². The van der Waals surface area contributed by atoms with Crippen LogP contribution >= 0.6 is 0 Å². The van der Waals surface area contributed by atoms with Gasteiger partial charge in [-0.1, -0.05) is 0 Å². The van der Waals surface area contributed by atoms with Gasteiger partial charge in [-0.25, -0.2) is 0 Å². The molecule has 1 aliphatic heterocycles. The number of carbonyl (C=O) groups is 1. The third-order valence-electron chi connectivity index (χ3n) is 2.59. The van der Waals surface area contributed by atoms with Gasteiger partial charge in [0.2, 0.25) is 5.91 Å². The zero-order valence-electron chi connectivity index (χ0n) is 8.50. The second-order valence-electron chi connectivity index (χ2n) is 4.10. The Balaban J connectivity index is 2.73. The van der Waals surface area contributed by atoms with E-state index in [-0.39, 0.29) is 18.6 Å². The molecule has 1 saturated heterocycles. The van der Waals surface area contributed by atoms with Crippen LogP contribution in [-0.4, -0.2) is 47.2 Å². The van der Waals surface area contributed by atoms with Crippen molar-refractivity contribution in [2.75, 3.05) is 19.7 Å². The van der Waals surface area contributed by atoms with Gasteiger partial charge in [0.05, 0.1) is 12.1 Å². The number of nitrogens with zero attached hydrogens (tertiary/aromatic N) is 1. The van der Waals surface area contributed by atoms with Crippen LogP contribution in [0.4, 0.5) is 0 Å². The number of hydrogen-bond donors (Lipinski definition) is 2. The molecule has 2 N–H and O–H groups in total. The van der Waals surface area contributed by atoms with Crippen molar-refractivity contribution >= 4 is 5.91 Å². The lowest BCUT2D eigenvalue weighted by molar-refractivity contribution is -0.137. The molecule has 0 aliphatic carbocycles. The largest absolute Gasteiger partial charge is 0.395 e. The standard InChI is InChI=1S/C9H18N2O2/c1-7-6-11(4-5-12)9(2,3)8(13)10-7/h7,12H,4-6H2,1-3H3,(H,10,13). The van der Waals surface area contributed by atoms with Gasteiger partial charge in [-0.2, -0.15) is 0 Å². The van der Waals surface area contributed by atoms with E-state index < -0.39 is 5.54 Å². The number of carbonyl (C=O) groups excluding carboxylic acids is 1. The van der Waals surface area contributed by atoms with E-state index in [1.54, 1.807) is 0 Å². The molecule has 1 fully saturated rings. The van der Waals surface area contributed by atoms with Crippen LogP contribution in [0.3, 0.4) is 0 Å². The zero-order chi connectivity index (χ0) is 10.1. The minimum atomic E-state index is -0.491. The van der Waals surface area contributed by atoms with Crippen LogP contribution in [0.15, 0.2) is 0 Å². The monoisotopic (exact) mass is 186 g/mol. The number of rotatable bonds is 2. The molecule has 1 aliphatic rings. The number of nitrogens with one attached hydrogen (secondary N) is 1. The summed E-state index contributed by atoms with van der Waals surface area (Å²) < 4.78 is 0. The van der Waals surface area contributed by atoms with E-state index in [9.17, 15) is 4.79 Å². The predicted molar refractivity (Wildman–Crippen MR) is 50.3 cm³/mol. The molecule has 4 nitrogen and oxygen atoms in total. The van der Waals surface area contributed by atoms with Crippen molar-refractivity contribution in [3.05, 3.63) is 0 Å². The fraction of sp³-hybridized carbons (Fsp3) is 0.889. The summed E-state index contributed by atoms with van der Waals surface area (Å²) in [5.41, 5.74) is -0.491. The van der Waals surface area contributed by atoms with Crippen LogP contribution in [0.25, 0.3) is 0 Å². The minimum Gasteiger partial charge on any atom is -0.395 e. The van der Waals surface area contributed by atoms with Crippen LogP contribution in [0.2, 0.25) is 0 Å². The zero-order valence-corrected chi connectivity index (χ0v) is 8.50. The highest BCUT2D eigenvalue weighted by Crippen LogP contribution is 2.18. The van der Waals surface area contributed by atoms with E-state index in [0.717, 1.165) is 6.54 Å². The summed E-state index contributed by atoms with van der Waals surface area (Å²) >= 11 is 0. The maximum Gasteiger partial charge on any atom is 0.240 e. The molecule has 1 rings (SSSR count). The number of piperazine rings is 1. The molecule has 76 valence electrons. The molecule has 4 heteroatoms. The van der Waals surface area contributed by atoms with Crippen molar-refractivity contribution < 1.29 is 9.90 Å². The van der Waals surface area contributed by atoms with Gasteiger partial charge in [-0.3, -0.25) is 9.69 Å². The van der Waals surface area contributed by atoms with Crippen LogP contribution in [0.5, 0.6) is 0 Å². The smallest absolute Gasteiger partial charge is 0.240 e. The van der Waals surface area contributed by atoms with Crippen molar-refractivity contribution in [3.8, 4) is 0 Å².